The molecule has 0 saturated carbocycles. The highest BCUT2D eigenvalue weighted by Crippen LogP contribution is 2.22. The molecule has 1 aliphatic heterocycles. The molecule has 0 bridgehead atoms. The maximum Gasteiger partial charge on any atom is 0.258 e. The summed E-state index contributed by atoms with van der Waals surface area (Å²) in [4.78, 5) is 20.2. The van der Waals surface area contributed by atoms with Gasteiger partial charge in [-0.1, -0.05) is 12.2 Å². The van der Waals surface area contributed by atoms with Crippen molar-refractivity contribution in [2.45, 2.75) is 6.42 Å². The Morgan fingerprint density at radius 2 is 2.38 bits per heavy atom. The predicted octanol–water partition coefficient (Wildman–Crippen LogP) is -0.328. The molecular formula is C7H8N4OS. The highest BCUT2D eigenvalue weighted by atomic mass is 32.1. The third-order valence-electron chi connectivity index (χ3n) is 2.03. The summed E-state index contributed by atoms with van der Waals surface area (Å²) in [6.45, 7) is 0. The molecule has 5 nitrogen and oxygen atoms in total. The number of nitrogens with two attached hydrogens (primary N) is 1. The minimum absolute atomic E-state index is 0.125. The Kier molecular flexibility index (Phi) is 1.59. The standard InChI is InChI=1S/C7H8N4OS/c1-11-4(13)2-3-5(11)9-7(8)10-6(3)12/h2H2,1H3,(H3,8,9,10,12). The number of aromatic nitrogens is 2. The van der Waals surface area contributed by atoms with Crippen LogP contribution in [-0.2, 0) is 6.42 Å². The molecule has 0 atom stereocenters. The molecule has 0 fully saturated rings. The maximum atomic E-state index is 11.4. The van der Waals surface area contributed by atoms with Crippen LogP contribution in [0.2, 0.25) is 0 Å². The Morgan fingerprint density at radius 1 is 1.69 bits per heavy atom. The van der Waals surface area contributed by atoms with Crippen molar-refractivity contribution >= 4 is 29.0 Å². The van der Waals surface area contributed by atoms with Crippen molar-refractivity contribution in [3.05, 3.63) is 15.9 Å². The Balaban J connectivity index is 2.71. The van der Waals surface area contributed by atoms with Crippen molar-refractivity contribution in [1.82, 2.24) is 9.97 Å². The Labute approximate surface area is 79.6 Å². The molecule has 0 spiro atoms. The van der Waals surface area contributed by atoms with Gasteiger partial charge in [0.2, 0.25) is 5.95 Å². The first-order chi connectivity index (χ1) is 6.09. The van der Waals surface area contributed by atoms with Gasteiger partial charge in [-0.05, 0) is 0 Å². The van der Waals surface area contributed by atoms with Gasteiger partial charge in [-0.3, -0.25) is 9.78 Å². The molecule has 0 radical (unpaired) electrons. The van der Waals surface area contributed by atoms with Crippen LogP contribution in [0.15, 0.2) is 4.79 Å². The summed E-state index contributed by atoms with van der Waals surface area (Å²) < 4.78 is 0. The molecule has 3 N–H and O–H groups in total. The van der Waals surface area contributed by atoms with Gasteiger partial charge in [0, 0.05) is 13.5 Å². The average Bonchev–Trinajstić information content (AvgIpc) is 2.32. The zero-order valence-corrected chi connectivity index (χ0v) is 7.81. The second kappa shape index (κ2) is 2.53. The highest BCUT2D eigenvalue weighted by molar-refractivity contribution is 7.80. The predicted molar refractivity (Wildman–Crippen MR) is 54.0 cm³/mol. The first kappa shape index (κ1) is 8.18. The molecule has 2 rings (SSSR count). The fraction of sp³-hybridized carbons (Fsp3) is 0.286. The summed E-state index contributed by atoms with van der Waals surface area (Å²) in [6, 6.07) is 0. The molecule has 1 aromatic heterocycles. The third-order valence-corrected chi connectivity index (χ3v) is 2.45. The SMILES string of the molecule is CN1C(=S)Cc2c1nc(N)[nH]c2=O. The van der Waals surface area contributed by atoms with Crippen molar-refractivity contribution in [2.24, 2.45) is 0 Å². The smallest absolute Gasteiger partial charge is 0.258 e. The van der Waals surface area contributed by atoms with Gasteiger partial charge < -0.3 is 10.6 Å². The van der Waals surface area contributed by atoms with E-state index in [1.54, 1.807) is 11.9 Å². The lowest BCUT2D eigenvalue weighted by molar-refractivity contribution is 1.08. The third kappa shape index (κ3) is 1.10. The summed E-state index contributed by atoms with van der Waals surface area (Å²) in [5.74, 6) is 0.701. The second-order valence-electron chi connectivity index (χ2n) is 2.88. The molecule has 2 heterocycles. The molecule has 1 aliphatic rings. The van der Waals surface area contributed by atoms with Gasteiger partial charge in [-0.15, -0.1) is 0 Å². The van der Waals surface area contributed by atoms with Crippen molar-refractivity contribution in [3.63, 3.8) is 0 Å². The largest absolute Gasteiger partial charge is 0.369 e. The molecule has 0 saturated heterocycles. The lowest BCUT2D eigenvalue weighted by Gasteiger charge is -2.10. The van der Waals surface area contributed by atoms with Crippen LogP contribution in [-0.4, -0.2) is 22.0 Å². The first-order valence-corrected chi connectivity index (χ1v) is 4.15. The maximum absolute atomic E-state index is 11.4. The topological polar surface area (TPSA) is 75.0 Å². The minimum atomic E-state index is -0.200. The number of thiocarbonyl (C=S) groups is 1. The van der Waals surface area contributed by atoms with E-state index in [0.717, 1.165) is 0 Å². The Morgan fingerprint density at radius 3 is 3.08 bits per heavy atom. The molecule has 0 unspecified atom stereocenters. The van der Waals surface area contributed by atoms with Crippen molar-refractivity contribution in [3.8, 4) is 0 Å². The fourth-order valence-corrected chi connectivity index (χ4v) is 1.56. The number of H-pyrrole nitrogens is 1. The van der Waals surface area contributed by atoms with Crippen LogP contribution in [0.25, 0.3) is 0 Å². The number of nitrogens with zero attached hydrogens (tertiary/aromatic N) is 2. The van der Waals surface area contributed by atoms with Crippen molar-refractivity contribution < 1.29 is 0 Å². The van der Waals surface area contributed by atoms with E-state index in [-0.39, 0.29) is 11.5 Å². The van der Waals surface area contributed by atoms with E-state index in [9.17, 15) is 4.79 Å². The van der Waals surface area contributed by atoms with Crippen LogP contribution in [0, 0.1) is 0 Å². The summed E-state index contributed by atoms with van der Waals surface area (Å²) in [6.07, 6.45) is 0.476. The molecule has 6 heteroatoms. The molecule has 0 aromatic carbocycles. The van der Waals surface area contributed by atoms with Crippen LogP contribution in [0.5, 0.6) is 0 Å². The molecule has 1 aromatic rings. The number of fused-ring (bicyclic) bond motifs is 1. The number of anilines is 2. The number of aromatic amines is 1. The lowest BCUT2D eigenvalue weighted by atomic mass is 10.3. The molecule has 0 aliphatic carbocycles. The number of hydrogen-bond donors (Lipinski definition) is 2. The summed E-state index contributed by atoms with van der Waals surface area (Å²) in [7, 11) is 1.78. The van der Waals surface area contributed by atoms with Gasteiger partial charge in [-0.25, -0.2) is 0 Å². The van der Waals surface area contributed by atoms with Crippen molar-refractivity contribution in [2.75, 3.05) is 17.7 Å². The number of rotatable bonds is 0. The number of nitrogen functional groups attached to an aromatic ring is 1. The van der Waals surface area contributed by atoms with E-state index in [0.29, 0.717) is 22.8 Å². The summed E-state index contributed by atoms with van der Waals surface area (Å²) in [5, 5.41) is 0. The van der Waals surface area contributed by atoms with Crippen LogP contribution < -0.4 is 16.2 Å². The normalized spacial score (nSPS) is 14.8. The van der Waals surface area contributed by atoms with Gasteiger partial charge in [0.1, 0.15) is 5.82 Å². The van der Waals surface area contributed by atoms with Gasteiger partial charge in [-0.2, -0.15) is 4.98 Å². The van der Waals surface area contributed by atoms with Gasteiger partial charge >= 0.3 is 0 Å². The van der Waals surface area contributed by atoms with Crippen LogP contribution >= 0.6 is 12.2 Å². The van der Waals surface area contributed by atoms with Crippen LogP contribution in [0.4, 0.5) is 11.8 Å². The zero-order chi connectivity index (χ0) is 9.59. The average molecular weight is 196 g/mol. The van der Waals surface area contributed by atoms with Gasteiger partial charge in [0.25, 0.3) is 5.56 Å². The van der Waals surface area contributed by atoms with Gasteiger partial charge in [0.05, 0.1) is 10.6 Å². The quantitative estimate of drug-likeness (QED) is 0.556. The number of hydrogen-bond acceptors (Lipinski definition) is 4. The number of likely N-dealkylation sites (N-methyl/N-ethyl adjacent to an activating group) is 1. The van der Waals surface area contributed by atoms with E-state index in [1.807, 2.05) is 0 Å². The molecule has 13 heavy (non-hydrogen) atoms. The van der Waals surface area contributed by atoms with Gasteiger partial charge in [0.15, 0.2) is 0 Å². The Bertz CT molecular complexity index is 439. The highest BCUT2D eigenvalue weighted by Gasteiger charge is 2.25. The molecule has 68 valence electrons. The van der Waals surface area contributed by atoms with E-state index in [2.05, 4.69) is 9.97 Å². The van der Waals surface area contributed by atoms with Crippen molar-refractivity contribution in [1.29, 1.82) is 0 Å². The van der Waals surface area contributed by atoms with Crippen LogP contribution in [0.3, 0.4) is 0 Å². The molecular weight excluding hydrogens is 188 g/mol. The van der Waals surface area contributed by atoms with E-state index < -0.39 is 0 Å². The van der Waals surface area contributed by atoms with E-state index in [1.165, 1.54) is 0 Å². The number of nitrogens with one attached hydrogen (secondary N) is 1. The van der Waals surface area contributed by atoms with E-state index >= 15 is 0 Å². The lowest BCUT2D eigenvalue weighted by Crippen LogP contribution is -2.20. The van der Waals surface area contributed by atoms with Crippen LogP contribution in [0.1, 0.15) is 5.56 Å². The second-order valence-corrected chi connectivity index (χ2v) is 3.35. The minimum Gasteiger partial charge on any atom is -0.369 e. The Hall–Kier alpha value is -1.43. The summed E-state index contributed by atoms with van der Waals surface area (Å²) >= 11 is 5.04. The zero-order valence-electron chi connectivity index (χ0n) is 7.00. The summed E-state index contributed by atoms with van der Waals surface area (Å²) in [5.41, 5.74) is 5.80. The monoisotopic (exact) mass is 196 g/mol. The van der Waals surface area contributed by atoms with E-state index in [4.69, 9.17) is 18.0 Å². The molecule has 0 amide bonds. The first-order valence-electron chi connectivity index (χ1n) is 3.75. The fourth-order valence-electron chi connectivity index (χ4n) is 1.33.